The fourth-order valence-electron chi connectivity index (χ4n) is 1.46. The van der Waals surface area contributed by atoms with E-state index in [-0.39, 0.29) is 0 Å². The molecule has 1 heterocycles. The van der Waals surface area contributed by atoms with Crippen molar-refractivity contribution in [1.29, 1.82) is 0 Å². The molecule has 0 saturated carbocycles. The van der Waals surface area contributed by atoms with Gasteiger partial charge in [-0.05, 0) is 25.0 Å². The molecule has 0 bridgehead atoms. The topological polar surface area (TPSA) is 65.0 Å². The highest BCUT2D eigenvalue weighted by molar-refractivity contribution is 7.14. The largest absolute Gasteiger partial charge is 0.477 e. The first-order chi connectivity index (χ1) is 9.15. The van der Waals surface area contributed by atoms with Crippen LogP contribution in [-0.2, 0) is 20.8 Å². The van der Waals surface area contributed by atoms with Crippen LogP contribution in [0.25, 0.3) is 0 Å². The number of carbonyl (C=O) groups is 1. The minimum Gasteiger partial charge on any atom is -0.477 e. The van der Waals surface area contributed by atoms with Gasteiger partial charge in [0.2, 0.25) is 0 Å². The minimum absolute atomic E-state index is 0.360. The molecule has 0 spiro atoms. The van der Waals surface area contributed by atoms with Crippen LogP contribution in [0.15, 0.2) is 6.07 Å². The van der Waals surface area contributed by atoms with Gasteiger partial charge >= 0.3 is 5.97 Å². The van der Waals surface area contributed by atoms with Crippen molar-refractivity contribution in [3.05, 3.63) is 21.4 Å². The third-order valence-electron chi connectivity index (χ3n) is 2.50. The molecule has 0 aliphatic rings. The molecule has 0 atom stereocenters. The molecule has 6 heteroatoms. The predicted molar refractivity (Wildman–Crippen MR) is 73.0 cm³/mol. The molecule has 0 fully saturated rings. The molecule has 1 N–H and O–H groups in total. The third kappa shape index (κ3) is 6.15. The van der Waals surface area contributed by atoms with Crippen LogP contribution in [0.4, 0.5) is 0 Å². The van der Waals surface area contributed by atoms with Crippen molar-refractivity contribution in [3.63, 3.8) is 0 Å². The molecule has 0 aliphatic carbocycles. The number of ether oxygens (including phenoxy) is 3. The molecule has 0 amide bonds. The molecule has 1 aromatic heterocycles. The zero-order chi connectivity index (χ0) is 14.1. The smallest absolute Gasteiger partial charge is 0.345 e. The zero-order valence-electron chi connectivity index (χ0n) is 11.3. The fourth-order valence-corrected chi connectivity index (χ4v) is 2.33. The standard InChI is InChI=1S/C13H20O5S/c1-10-11(8-12(19-10)13(14)15)9-18-5-3-4-17-7-6-16-2/h8H,3-7,9H2,1-2H3,(H,14,15). The van der Waals surface area contributed by atoms with Crippen molar-refractivity contribution >= 4 is 17.3 Å². The number of aromatic carboxylic acids is 1. The van der Waals surface area contributed by atoms with Gasteiger partial charge in [0, 0.05) is 25.2 Å². The second-order valence-corrected chi connectivity index (χ2v) is 5.26. The Kier molecular flexibility index (Phi) is 7.66. The number of hydrogen-bond donors (Lipinski definition) is 1. The van der Waals surface area contributed by atoms with Crippen molar-refractivity contribution in [1.82, 2.24) is 0 Å². The van der Waals surface area contributed by atoms with Crippen molar-refractivity contribution in [2.75, 3.05) is 33.5 Å². The lowest BCUT2D eigenvalue weighted by Gasteiger charge is -2.05. The van der Waals surface area contributed by atoms with Crippen molar-refractivity contribution in [3.8, 4) is 0 Å². The highest BCUT2D eigenvalue weighted by Crippen LogP contribution is 2.22. The maximum Gasteiger partial charge on any atom is 0.345 e. The minimum atomic E-state index is -0.883. The van der Waals surface area contributed by atoms with Crippen LogP contribution in [-0.4, -0.2) is 44.6 Å². The lowest BCUT2D eigenvalue weighted by atomic mass is 10.2. The number of carboxylic acids is 1. The first-order valence-electron chi connectivity index (χ1n) is 6.12. The number of rotatable bonds is 10. The molecule has 108 valence electrons. The molecular formula is C13H20O5S. The van der Waals surface area contributed by atoms with E-state index in [1.54, 1.807) is 13.2 Å². The molecule has 19 heavy (non-hydrogen) atoms. The Hall–Kier alpha value is -0.950. The van der Waals surface area contributed by atoms with E-state index in [2.05, 4.69) is 0 Å². The van der Waals surface area contributed by atoms with Crippen molar-refractivity contribution < 1.29 is 24.1 Å². The van der Waals surface area contributed by atoms with Gasteiger partial charge in [0.05, 0.1) is 19.8 Å². The quantitative estimate of drug-likeness (QED) is 0.669. The summed E-state index contributed by atoms with van der Waals surface area (Å²) in [6.07, 6.45) is 0.818. The zero-order valence-corrected chi connectivity index (χ0v) is 12.1. The Bertz CT molecular complexity index is 388. The summed E-state index contributed by atoms with van der Waals surface area (Å²) < 4.78 is 15.7. The second kappa shape index (κ2) is 9.03. The van der Waals surface area contributed by atoms with Gasteiger partial charge in [0.1, 0.15) is 4.88 Å². The average Bonchev–Trinajstić information content (AvgIpc) is 2.74. The molecule has 0 saturated heterocycles. The Morgan fingerprint density at radius 1 is 1.26 bits per heavy atom. The van der Waals surface area contributed by atoms with Crippen molar-refractivity contribution in [2.24, 2.45) is 0 Å². The molecule has 0 unspecified atom stereocenters. The van der Waals surface area contributed by atoms with Crippen LogP contribution in [0.3, 0.4) is 0 Å². The van der Waals surface area contributed by atoms with Gasteiger partial charge in [-0.1, -0.05) is 0 Å². The van der Waals surface area contributed by atoms with E-state index >= 15 is 0 Å². The van der Waals surface area contributed by atoms with Crippen LogP contribution in [0.5, 0.6) is 0 Å². The van der Waals surface area contributed by atoms with Gasteiger partial charge in [0.25, 0.3) is 0 Å². The summed E-state index contributed by atoms with van der Waals surface area (Å²) in [7, 11) is 1.64. The van der Waals surface area contributed by atoms with E-state index in [0.29, 0.717) is 37.9 Å². The van der Waals surface area contributed by atoms with Crippen LogP contribution >= 0.6 is 11.3 Å². The van der Waals surface area contributed by atoms with E-state index in [0.717, 1.165) is 16.9 Å². The first kappa shape index (κ1) is 16.1. The van der Waals surface area contributed by atoms with Crippen LogP contribution in [0, 0.1) is 6.92 Å². The fraction of sp³-hybridized carbons (Fsp3) is 0.615. The van der Waals surface area contributed by atoms with E-state index in [1.807, 2.05) is 6.92 Å². The van der Waals surface area contributed by atoms with Gasteiger partial charge in [-0.2, -0.15) is 0 Å². The monoisotopic (exact) mass is 288 g/mol. The van der Waals surface area contributed by atoms with E-state index < -0.39 is 5.97 Å². The SMILES string of the molecule is COCCOCCCOCc1cc(C(=O)O)sc1C. The van der Waals surface area contributed by atoms with Gasteiger partial charge in [-0.25, -0.2) is 4.79 Å². The van der Waals surface area contributed by atoms with Crippen LogP contribution < -0.4 is 0 Å². The van der Waals surface area contributed by atoms with Gasteiger partial charge < -0.3 is 19.3 Å². The highest BCUT2D eigenvalue weighted by atomic mass is 32.1. The molecular weight excluding hydrogens is 268 g/mol. The number of carboxylic acid groups (broad SMARTS) is 1. The summed E-state index contributed by atoms with van der Waals surface area (Å²) >= 11 is 1.28. The lowest BCUT2D eigenvalue weighted by molar-refractivity contribution is 0.0483. The Morgan fingerprint density at radius 3 is 2.63 bits per heavy atom. The molecule has 0 aromatic carbocycles. The Balaban J connectivity index is 2.14. The van der Waals surface area contributed by atoms with E-state index in [4.69, 9.17) is 19.3 Å². The molecule has 0 radical (unpaired) electrons. The number of thiophene rings is 1. The summed E-state index contributed by atoms with van der Waals surface area (Å²) in [5, 5.41) is 8.88. The molecule has 1 rings (SSSR count). The second-order valence-electron chi connectivity index (χ2n) is 4.01. The summed E-state index contributed by atoms with van der Waals surface area (Å²) in [6.45, 7) is 4.81. The molecule has 1 aromatic rings. The van der Waals surface area contributed by atoms with Crippen LogP contribution in [0.2, 0.25) is 0 Å². The predicted octanol–water partition coefficient (Wildman–Crippen LogP) is 2.32. The Morgan fingerprint density at radius 2 is 2.00 bits per heavy atom. The lowest BCUT2D eigenvalue weighted by Crippen LogP contribution is -2.05. The maximum atomic E-state index is 10.8. The average molecular weight is 288 g/mol. The number of hydrogen-bond acceptors (Lipinski definition) is 5. The normalized spacial score (nSPS) is 10.8. The van der Waals surface area contributed by atoms with Gasteiger partial charge in [-0.15, -0.1) is 11.3 Å². The molecule has 0 aliphatic heterocycles. The summed E-state index contributed by atoms with van der Waals surface area (Å²) in [5.74, 6) is -0.883. The number of methoxy groups -OCH3 is 1. The maximum absolute atomic E-state index is 10.8. The first-order valence-corrected chi connectivity index (χ1v) is 6.94. The highest BCUT2D eigenvalue weighted by Gasteiger charge is 2.10. The number of aryl methyl sites for hydroxylation is 1. The summed E-state index contributed by atoms with van der Waals surface area (Å²) in [5.41, 5.74) is 0.947. The summed E-state index contributed by atoms with van der Waals surface area (Å²) in [4.78, 5) is 12.2. The third-order valence-corrected chi connectivity index (χ3v) is 3.58. The van der Waals surface area contributed by atoms with Gasteiger partial charge in [-0.3, -0.25) is 0 Å². The molecule has 5 nitrogen and oxygen atoms in total. The van der Waals surface area contributed by atoms with Crippen molar-refractivity contribution in [2.45, 2.75) is 20.0 Å². The van der Waals surface area contributed by atoms with E-state index in [1.165, 1.54) is 11.3 Å². The van der Waals surface area contributed by atoms with Gasteiger partial charge in [0.15, 0.2) is 0 Å². The van der Waals surface area contributed by atoms with E-state index in [9.17, 15) is 4.79 Å². The Labute approximate surface area is 117 Å². The summed E-state index contributed by atoms with van der Waals surface area (Å²) in [6, 6.07) is 1.68. The van der Waals surface area contributed by atoms with Crippen LogP contribution in [0.1, 0.15) is 26.5 Å².